The van der Waals surface area contributed by atoms with Gasteiger partial charge in [0.1, 0.15) is 0 Å². The van der Waals surface area contributed by atoms with Crippen molar-refractivity contribution in [2.24, 2.45) is 5.92 Å². The molecule has 0 radical (unpaired) electrons. The summed E-state index contributed by atoms with van der Waals surface area (Å²) in [4.78, 5) is 15.0. The minimum absolute atomic E-state index is 0.101. The van der Waals surface area contributed by atoms with Gasteiger partial charge in [0.25, 0.3) is 0 Å². The summed E-state index contributed by atoms with van der Waals surface area (Å²) in [5.74, 6) is 0.871. The molecule has 0 aromatic heterocycles. The van der Waals surface area contributed by atoms with E-state index < -0.39 is 9.84 Å². The Morgan fingerprint density at radius 3 is 2.52 bits per heavy atom. The van der Waals surface area contributed by atoms with E-state index in [0.29, 0.717) is 36.8 Å². The number of hydrogen-bond donors (Lipinski definition) is 0. The highest BCUT2D eigenvalue weighted by molar-refractivity contribution is 7.91. The Morgan fingerprint density at radius 1 is 1.15 bits per heavy atom. The lowest BCUT2D eigenvalue weighted by molar-refractivity contribution is -0.141. The molecule has 1 unspecified atom stereocenters. The van der Waals surface area contributed by atoms with Gasteiger partial charge in [0.15, 0.2) is 9.84 Å². The number of ether oxygens (including phenoxy) is 1. The molecule has 1 aromatic carbocycles. The Balaban J connectivity index is 1.51. The second kappa shape index (κ2) is 9.20. The van der Waals surface area contributed by atoms with Gasteiger partial charge in [0.2, 0.25) is 5.91 Å². The molecule has 1 heterocycles. The summed E-state index contributed by atoms with van der Waals surface area (Å²) in [6.45, 7) is 3.67. The van der Waals surface area contributed by atoms with E-state index in [1.807, 2.05) is 17.0 Å². The molecule has 1 atom stereocenters. The lowest BCUT2D eigenvalue weighted by Gasteiger charge is -2.38. The fourth-order valence-corrected chi connectivity index (χ4v) is 5.02. The highest BCUT2D eigenvalue weighted by atomic mass is 32.2. The minimum atomic E-state index is -3.17. The van der Waals surface area contributed by atoms with Crippen LogP contribution in [0.4, 0.5) is 0 Å². The molecule has 0 bridgehead atoms. The molecule has 150 valence electrons. The molecule has 0 N–H and O–H groups in total. The highest BCUT2D eigenvalue weighted by Crippen LogP contribution is 2.29. The molecule has 1 saturated carbocycles. The Hall–Kier alpha value is -1.40. The summed E-state index contributed by atoms with van der Waals surface area (Å²) in [5.41, 5.74) is 0.996. The number of aryl methyl sites for hydroxylation is 1. The van der Waals surface area contributed by atoms with E-state index in [2.05, 4.69) is 0 Å². The number of rotatable bonds is 6. The first-order valence-electron chi connectivity index (χ1n) is 10.2. The van der Waals surface area contributed by atoms with Crippen LogP contribution in [0.15, 0.2) is 29.2 Å². The number of sulfone groups is 1. The average Bonchev–Trinajstić information content (AvgIpc) is 2.73. The molecule has 27 heavy (non-hydrogen) atoms. The quantitative estimate of drug-likeness (QED) is 0.744. The van der Waals surface area contributed by atoms with Crippen molar-refractivity contribution >= 4 is 15.7 Å². The zero-order chi connectivity index (χ0) is 19.3. The van der Waals surface area contributed by atoms with E-state index in [1.54, 1.807) is 19.1 Å². The van der Waals surface area contributed by atoms with Gasteiger partial charge in [-0.25, -0.2) is 8.42 Å². The van der Waals surface area contributed by atoms with Gasteiger partial charge in [-0.15, -0.1) is 0 Å². The summed E-state index contributed by atoms with van der Waals surface area (Å²) in [7, 11) is -3.17. The van der Waals surface area contributed by atoms with Crippen molar-refractivity contribution in [2.45, 2.75) is 62.9 Å². The number of nitrogens with zero attached hydrogens (tertiary/aromatic N) is 1. The van der Waals surface area contributed by atoms with Gasteiger partial charge < -0.3 is 9.64 Å². The molecule has 1 aromatic rings. The highest BCUT2D eigenvalue weighted by Gasteiger charge is 2.30. The summed E-state index contributed by atoms with van der Waals surface area (Å²) in [6.07, 6.45) is 7.61. The van der Waals surface area contributed by atoms with Gasteiger partial charge in [-0.05, 0) is 42.9 Å². The Morgan fingerprint density at radius 2 is 1.85 bits per heavy atom. The first-order chi connectivity index (χ1) is 13.0. The third-order valence-electron chi connectivity index (χ3n) is 5.91. The molecule has 0 spiro atoms. The van der Waals surface area contributed by atoms with Crippen molar-refractivity contribution in [1.82, 2.24) is 4.90 Å². The van der Waals surface area contributed by atoms with Gasteiger partial charge in [0, 0.05) is 19.5 Å². The second-order valence-electron chi connectivity index (χ2n) is 7.69. The number of benzene rings is 1. The maximum atomic E-state index is 12.6. The summed E-state index contributed by atoms with van der Waals surface area (Å²) in [5, 5.41) is 0. The first kappa shape index (κ1) is 20.3. The van der Waals surface area contributed by atoms with Gasteiger partial charge >= 0.3 is 0 Å². The van der Waals surface area contributed by atoms with Crippen molar-refractivity contribution in [2.75, 3.05) is 25.4 Å². The Labute approximate surface area is 163 Å². The molecule has 5 nitrogen and oxygen atoms in total. The van der Waals surface area contributed by atoms with Crippen molar-refractivity contribution in [1.29, 1.82) is 0 Å². The minimum Gasteiger partial charge on any atom is -0.374 e. The van der Waals surface area contributed by atoms with Crippen molar-refractivity contribution < 1.29 is 17.9 Å². The molecule has 6 heteroatoms. The topological polar surface area (TPSA) is 63.7 Å². The zero-order valence-electron chi connectivity index (χ0n) is 16.2. The molecule has 1 amide bonds. The van der Waals surface area contributed by atoms with Crippen molar-refractivity contribution in [3.05, 3.63) is 29.8 Å². The predicted molar refractivity (Wildman–Crippen MR) is 105 cm³/mol. The smallest absolute Gasteiger partial charge is 0.223 e. The van der Waals surface area contributed by atoms with Crippen molar-refractivity contribution in [3.8, 4) is 0 Å². The van der Waals surface area contributed by atoms with Crippen LogP contribution in [0.5, 0.6) is 0 Å². The van der Waals surface area contributed by atoms with Gasteiger partial charge in [-0.2, -0.15) is 0 Å². The van der Waals surface area contributed by atoms with Crippen LogP contribution in [-0.4, -0.2) is 50.8 Å². The molecule has 1 aliphatic heterocycles. The molecular weight excluding hydrogens is 362 g/mol. The van der Waals surface area contributed by atoms with Gasteiger partial charge in [0.05, 0.1) is 23.4 Å². The Bertz CT molecular complexity index is 723. The standard InChI is InChI=1S/C21H31NO4S/c1-2-27(24,25)19-11-8-17(9-12-19)10-13-21(23)22-14-15-26-20(16-22)18-6-4-3-5-7-18/h8-9,11-12,18,20H,2-7,10,13-16H2,1H3. The third kappa shape index (κ3) is 5.32. The van der Waals surface area contributed by atoms with E-state index >= 15 is 0 Å². The van der Waals surface area contributed by atoms with E-state index in [9.17, 15) is 13.2 Å². The zero-order valence-corrected chi connectivity index (χ0v) is 17.0. The molecule has 1 saturated heterocycles. The number of carbonyl (C=O) groups excluding carboxylic acids is 1. The molecular formula is C21H31NO4S. The lowest BCUT2D eigenvalue weighted by Crippen LogP contribution is -2.48. The molecule has 1 aliphatic carbocycles. The maximum Gasteiger partial charge on any atom is 0.223 e. The number of hydrogen-bond acceptors (Lipinski definition) is 4. The van der Waals surface area contributed by atoms with Crippen molar-refractivity contribution in [3.63, 3.8) is 0 Å². The third-order valence-corrected chi connectivity index (χ3v) is 7.66. The summed E-state index contributed by atoms with van der Waals surface area (Å²) in [6, 6.07) is 6.93. The van der Waals surface area contributed by atoms with E-state index in [-0.39, 0.29) is 17.8 Å². The normalized spacial score (nSPS) is 22.0. The van der Waals surface area contributed by atoms with Crippen LogP contribution in [0.25, 0.3) is 0 Å². The monoisotopic (exact) mass is 393 g/mol. The molecule has 2 aliphatic rings. The van der Waals surface area contributed by atoms with E-state index in [0.717, 1.165) is 12.1 Å². The Kier molecular flexibility index (Phi) is 6.93. The summed E-state index contributed by atoms with van der Waals surface area (Å²) < 4.78 is 29.7. The van der Waals surface area contributed by atoms with Crippen LogP contribution in [0.1, 0.15) is 51.0 Å². The average molecular weight is 394 g/mol. The SMILES string of the molecule is CCS(=O)(=O)c1ccc(CCC(=O)N2CCOC(C3CCCCC3)C2)cc1. The van der Waals surface area contributed by atoms with Gasteiger partial charge in [-0.1, -0.05) is 38.3 Å². The number of morpholine rings is 1. The van der Waals surface area contributed by atoms with Crippen LogP contribution in [0, 0.1) is 5.92 Å². The summed E-state index contributed by atoms with van der Waals surface area (Å²) >= 11 is 0. The van der Waals surface area contributed by atoms with Crippen LogP contribution >= 0.6 is 0 Å². The van der Waals surface area contributed by atoms with Crippen LogP contribution in [0.3, 0.4) is 0 Å². The largest absolute Gasteiger partial charge is 0.374 e. The van der Waals surface area contributed by atoms with Crippen LogP contribution in [-0.2, 0) is 25.8 Å². The van der Waals surface area contributed by atoms with Gasteiger partial charge in [-0.3, -0.25) is 4.79 Å². The molecule has 2 fully saturated rings. The number of carbonyl (C=O) groups is 1. The fraction of sp³-hybridized carbons (Fsp3) is 0.667. The maximum absolute atomic E-state index is 12.6. The van der Waals surface area contributed by atoms with E-state index in [1.165, 1.54) is 32.1 Å². The molecule has 3 rings (SSSR count). The second-order valence-corrected chi connectivity index (χ2v) is 9.97. The van der Waals surface area contributed by atoms with Crippen LogP contribution < -0.4 is 0 Å². The van der Waals surface area contributed by atoms with E-state index in [4.69, 9.17) is 4.74 Å². The first-order valence-corrected chi connectivity index (χ1v) is 11.9. The van der Waals surface area contributed by atoms with Crippen LogP contribution in [0.2, 0.25) is 0 Å². The fourth-order valence-electron chi connectivity index (χ4n) is 4.13. The number of amides is 1. The lowest BCUT2D eigenvalue weighted by atomic mass is 9.84. The predicted octanol–water partition coefficient (Wildman–Crippen LogP) is 3.22.